The third kappa shape index (κ3) is 2.59. The maximum absolute atomic E-state index is 12.7. The monoisotopic (exact) mass is 272 g/mol. The molecule has 1 aliphatic heterocycles. The van der Waals surface area contributed by atoms with Crippen molar-refractivity contribution < 1.29 is 4.79 Å². The van der Waals surface area contributed by atoms with E-state index in [4.69, 9.17) is 5.73 Å². The molecule has 3 heteroatoms. The number of fused-ring (bicyclic) bond motifs is 1. The number of carbonyl (C=O) groups is 1. The van der Waals surface area contributed by atoms with E-state index in [0.29, 0.717) is 6.04 Å². The van der Waals surface area contributed by atoms with Crippen LogP contribution in [-0.4, -0.2) is 29.9 Å². The van der Waals surface area contributed by atoms with Crippen LogP contribution in [0.1, 0.15) is 53.6 Å². The molecular formula is C17H24N2O. The van der Waals surface area contributed by atoms with Crippen LogP contribution in [0.3, 0.4) is 0 Å². The number of amides is 1. The average molecular weight is 272 g/mol. The minimum absolute atomic E-state index is 0.222. The van der Waals surface area contributed by atoms with Crippen molar-refractivity contribution in [3.8, 4) is 0 Å². The highest BCUT2D eigenvalue weighted by Gasteiger charge is 2.29. The largest absolute Gasteiger partial charge is 0.336 e. The van der Waals surface area contributed by atoms with Gasteiger partial charge < -0.3 is 10.6 Å². The Labute approximate surface area is 121 Å². The van der Waals surface area contributed by atoms with Crippen molar-refractivity contribution in [1.29, 1.82) is 0 Å². The van der Waals surface area contributed by atoms with Gasteiger partial charge in [-0.2, -0.15) is 0 Å². The van der Waals surface area contributed by atoms with Crippen LogP contribution < -0.4 is 5.73 Å². The predicted octanol–water partition coefficient (Wildman–Crippen LogP) is 2.52. The number of likely N-dealkylation sites (tertiary alicyclic amines) is 1. The summed E-state index contributed by atoms with van der Waals surface area (Å²) in [5.41, 5.74) is 9.29. The van der Waals surface area contributed by atoms with Gasteiger partial charge in [0.2, 0.25) is 0 Å². The summed E-state index contributed by atoms with van der Waals surface area (Å²) < 4.78 is 0. The van der Waals surface area contributed by atoms with Crippen LogP contribution in [0.5, 0.6) is 0 Å². The minimum atomic E-state index is 0.222. The number of rotatable bonds is 4. The van der Waals surface area contributed by atoms with Crippen LogP contribution in [0.15, 0.2) is 18.2 Å². The van der Waals surface area contributed by atoms with Crippen LogP contribution in [0, 0.1) is 0 Å². The van der Waals surface area contributed by atoms with Gasteiger partial charge >= 0.3 is 0 Å². The van der Waals surface area contributed by atoms with Gasteiger partial charge in [0.05, 0.1) is 0 Å². The summed E-state index contributed by atoms with van der Waals surface area (Å²) in [6, 6.07) is 6.70. The van der Waals surface area contributed by atoms with Gasteiger partial charge in [0, 0.05) is 18.2 Å². The molecule has 0 spiro atoms. The van der Waals surface area contributed by atoms with Gasteiger partial charge in [0.1, 0.15) is 0 Å². The molecule has 2 N–H and O–H groups in total. The fourth-order valence-electron chi connectivity index (χ4n) is 3.63. The number of nitrogens with zero attached hydrogens (tertiary/aromatic N) is 1. The Kier molecular flexibility index (Phi) is 4.06. The lowest BCUT2D eigenvalue weighted by Crippen LogP contribution is -2.35. The smallest absolute Gasteiger partial charge is 0.254 e. The van der Waals surface area contributed by atoms with E-state index in [2.05, 4.69) is 17.0 Å². The van der Waals surface area contributed by atoms with Crippen molar-refractivity contribution >= 4 is 5.91 Å². The van der Waals surface area contributed by atoms with E-state index in [0.717, 1.165) is 50.8 Å². The lowest BCUT2D eigenvalue weighted by atomic mass is 10.0. The zero-order chi connectivity index (χ0) is 13.9. The van der Waals surface area contributed by atoms with E-state index in [9.17, 15) is 4.79 Å². The van der Waals surface area contributed by atoms with Crippen molar-refractivity contribution in [1.82, 2.24) is 4.90 Å². The van der Waals surface area contributed by atoms with Crippen molar-refractivity contribution in [2.24, 2.45) is 5.73 Å². The molecule has 3 nitrogen and oxygen atoms in total. The number of hydrogen-bond donors (Lipinski definition) is 1. The summed E-state index contributed by atoms with van der Waals surface area (Å²) in [5, 5.41) is 0. The zero-order valence-electron chi connectivity index (χ0n) is 12.1. The first kappa shape index (κ1) is 13.6. The van der Waals surface area contributed by atoms with Gasteiger partial charge in [-0.15, -0.1) is 0 Å². The van der Waals surface area contributed by atoms with Gasteiger partial charge in [-0.3, -0.25) is 4.79 Å². The lowest BCUT2D eigenvalue weighted by Gasteiger charge is -2.25. The summed E-state index contributed by atoms with van der Waals surface area (Å²) in [6.45, 7) is 1.63. The first-order valence-electron chi connectivity index (χ1n) is 7.92. The van der Waals surface area contributed by atoms with Gasteiger partial charge in [0.15, 0.2) is 0 Å². The van der Waals surface area contributed by atoms with Crippen molar-refractivity contribution in [3.63, 3.8) is 0 Å². The van der Waals surface area contributed by atoms with Crippen LogP contribution >= 0.6 is 0 Å². The molecule has 1 aromatic rings. The predicted molar refractivity (Wildman–Crippen MR) is 80.8 cm³/mol. The van der Waals surface area contributed by atoms with Gasteiger partial charge in [-0.1, -0.05) is 6.07 Å². The molecule has 1 amide bonds. The molecule has 1 fully saturated rings. The topological polar surface area (TPSA) is 46.3 Å². The molecule has 1 heterocycles. The first-order chi connectivity index (χ1) is 9.79. The van der Waals surface area contributed by atoms with Crippen LogP contribution in [0.4, 0.5) is 0 Å². The quantitative estimate of drug-likeness (QED) is 0.915. The second-order valence-corrected chi connectivity index (χ2v) is 6.06. The number of nitrogens with two attached hydrogens (primary N) is 1. The average Bonchev–Trinajstić information content (AvgIpc) is 3.12. The Morgan fingerprint density at radius 3 is 2.95 bits per heavy atom. The van der Waals surface area contributed by atoms with Crippen molar-refractivity contribution in [3.05, 3.63) is 34.9 Å². The van der Waals surface area contributed by atoms with Crippen molar-refractivity contribution in [2.45, 2.75) is 51.0 Å². The molecule has 0 radical (unpaired) electrons. The summed E-state index contributed by atoms with van der Waals surface area (Å²) in [6.07, 6.45) is 7.87. The SMILES string of the molecule is NCCCC1CCCN1C(=O)c1ccc2c(c1)CCC2. The van der Waals surface area contributed by atoms with E-state index < -0.39 is 0 Å². The van der Waals surface area contributed by atoms with E-state index in [1.54, 1.807) is 0 Å². The van der Waals surface area contributed by atoms with E-state index >= 15 is 0 Å². The maximum atomic E-state index is 12.7. The molecule has 0 bridgehead atoms. The normalized spacial score (nSPS) is 21.2. The Balaban J connectivity index is 1.74. The summed E-state index contributed by atoms with van der Waals surface area (Å²) in [5.74, 6) is 0.222. The summed E-state index contributed by atoms with van der Waals surface area (Å²) >= 11 is 0. The van der Waals surface area contributed by atoms with Crippen LogP contribution in [-0.2, 0) is 12.8 Å². The first-order valence-corrected chi connectivity index (χ1v) is 7.92. The summed E-state index contributed by atoms with van der Waals surface area (Å²) in [4.78, 5) is 14.8. The Morgan fingerprint density at radius 1 is 1.25 bits per heavy atom. The highest BCUT2D eigenvalue weighted by molar-refractivity contribution is 5.95. The number of benzene rings is 1. The third-order valence-electron chi connectivity index (χ3n) is 4.72. The second-order valence-electron chi connectivity index (χ2n) is 6.06. The molecule has 2 aliphatic rings. The molecule has 1 unspecified atom stereocenters. The number of carbonyl (C=O) groups excluding carboxylic acids is 1. The molecule has 0 saturated carbocycles. The van der Waals surface area contributed by atoms with Crippen molar-refractivity contribution in [2.75, 3.05) is 13.1 Å². The van der Waals surface area contributed by atoms with E-state index in [-0.39, 0.29) is 5.91 Å². The van der Waals surface area contributed by atoms with Gasteiger partial charge in [-0.25, -0.2) is 0 Å². The van der Waals surface area contributed by atoms with Crippen LogP contribution in [0.2, 0.25) is 0 Å². The molecule has 1 saturated heterocycles. The van der Waals surface area contributed by atoms with Gasteiger partial charge in [-0.05, 0) is 74.8 Å². The zero-order valence-corrected chi connectivity index (χ0v) is 12.1. The minimum Gasteiger partial charge on any atom is -0.336 e. The molecular weight excluding hydrogens is 248 g/mol. The molecule has 20 heavy (non-hydrogen) atoms. The van der Waals surface area contributed by atoms with Crippen LogP contribution in [0.25, 0.3) is 0 Å². The molecule has 1 atom stereocenters. The van der Waals surface area contributed by atoms with Gasteiger partial charge in [0.25, 0.3) is 5.91 Å². The van der Waals surface area contributed by atoms with E-state index in [1.165, 1.54) is 24.0 Å². The van der Waals surface area contributed by atoms with E-state index in [1.807, 2.05) is 6.07 Å². The molecule has 1 aromatic carbocycles. The Hall–Kier alpha value is -1.35. The second kappa shape index (κ2) is 5.96. The lowest BCUT2D eigenvalue weighted by molar-refractivity contribution is 0.0729. The highest BCUT2D eigenvalue weighted by Crippen LogP contribution is 2.26. The fourth-order valence-corrected chi connectivity index (χ4v) is 3.63. The Bertz CT molecular complexity index is 498. The highest BCUT2D eigenvalue weighted by atomic mass is 16.2. The third-order valence-corrected chi connectivity index (χ3v) is 4.72. The Morgan fingerprint density at radius 2 is 2.10 bits per heavy atom. The maximum Gasteiger partial charge on any atom is 0.254 e. The molecule has 0 aromatic heterocycles. The molecule has 1 aliphatic carbocycles. The number of aryl methyl sites for hydroxylation is 2. The molecule has 3 rings (SSSR count). The standard InChI is InChI=1S/C17H24N2O/c18-10-2-6-16-7-3-11-19(16)17(20)15-9-8-13-4-1-5-14(13)12-15/h8-9,12,16H,1-7,10-11,18H2. The fraction of sp³-hybridized carbons (Fsp3) is 0.588. The number of hydrogen-bond acceptors (Lipinski definition) is 2. The molecule has 108 valence electrons. The summed E-state index contributed by atoms with van der Waals surface area (Å²) in [7, 11) is 0.